The van der Waals surface area contributed by atoms with Crippen LogP contribution in [0, 0.1) is 0 Å². The quantitative estimate of drug-likeness (QED) is 0.443. The Kier molecular flexibility index (Phi) is 9.11. The molecule has 114 valence electrons. The largest absolute Gasteiger partial charge is 0.493 e. The lowest BCUT2D eigenvalue weighted by Gasteiger charge is -2.16. The summed E-state index contributed by atoms with van der Waals surface area (Å²) in [6, 6.07) is 7.81. The zero-order chi connectivity index (χ0) is 14.3. The van der Waals surface area contributed by atoms with E-state index in [1.165, 1.54) is 0 Å². The zero-order valence-corrected chi connectivity index (χ0v) is 14.8. The van der Waals surface area contributed by atoms with Crippen molar-refractivity contribution in [1.82, 2.24) is 5.32 Å². The highest BCUT2D eigenvalue weighted by atomic mass is 127. The number of nitrogens with one attached hydrogen (secondary N) is 1. The van der Waals surface area contributed by atoms with E-state index in [1.807, 2.05) is 45.0 Å². The summed E-state index contributed by atoms with van der Waals surface area (Å²) >= 11 is 0. The number of ether oxygens (including phenoxy) is 2. The van der Waals surface area contributed by atoms with Gasteiger partial charge in [-0.2, -0.15) is 0 Å². The molecule has 5 nitrogen and oxygen atoms in total. The fraction of sp³-hybridized carbons (Fsp3) is 0.500. The minimum absolute atomic E-state index is 0. The molecule has 0 saturated heterocycles. The van der Waals surface area contributed by atoms with E-state index in [2.05, 4.69) is 10.3 Å². The minimum atomic E-state index is -0.0798. The molecule has 1 aromatic carbocycles. The molecule has 0 aliphatic carbocycles. The summed E-state index contributed by atoms with van der Waals surface area (Å²) in [4.78, 5) is 4.23. The van der Waals surface area contributed by atoms with Crippen LogP contribution in [-0.4, -0.2) is 31.8 Å². The first kappa shape index (κ1) is 18.8. The summed E-state index contributed by atoms with van der Waals surface area (Å²) in [7, 11) is 1.62. The van der Waals surface area contributed by atoms with Crippen LogP contribution in [0.5, 0.6) is 11.5 Å². The Hall–Kier alpha value is -1.18. The molecule has 0 aromatic heterocycles. The van der Waals surface area contributed by atoms with Crippen molar-refractivity contribution in [3.63, 3.8) is 0 Å². The number of aliphatic imine (C=N–C) groups is 1. The Balaban J connectivity index is 0.00000361. The van der Waals surface area contributed by atoms with Crippen LogP contribution in [0.1, 0.15) is 20.8 Å². The predicted molar refractivity (Wildman–Crippen MR) is 93.3 cm³/mol. The van der Waals surface area contributed by atoms with E-state index in [9.17, 15) is 0 Å². The van der Waals surface area contributed by atoms with Crippen molar-refractivity contribution >= 4 is 29.9 Å². The van der Waals surface area contributed by atoms with Gasteiger partial charge in [0.15, 0.2) is 17.5 Å². The van der Waals surface area contributed by atoms with Crippen LogP contribution < -0.4 is 20.5 Å². The van der Waals surface area contributed by atoms with Crippen molar-refractivity contribution in [3.05, 3.63) is 24.3 Å². The Morgan fingerprint density at radius 2 is 1.85 bits per heavy atom. The van der Waals surface area contributed by atoms with Crippen molar-refractivity contribution in [3.8, 4) is 11.5 Å². The van der Waals surface area contributed by atoms with Gasteiger partial charge in [0, 0.05) is 6.04 Å². The predicted octanol–water partition coefficient (Wildman–Crippen LogP) is 2.39. The van der Waals surface area contributed by atoms with Crippen molar-refractivity contribution in [2.24, 2.45) is 10.7 Å². The molecule has 1 rings (SSSR count). The van der Waals surface area contributed by atoms with E-state index in [-0.39, 0.29) is 36.1 Å². The Morgan fingerprint density at radius 1 is 1.25 bits per heavy atom. The van der Waals surface area contributed by atoms with Crippen LogP contribution >= 0.6 is 24.0 Å². The van der Waals surface area contributed by atoms with Crippen LogP contribution in [0.25, 0.3) is 0 Å². The number of rotatable bonds is 6. The van der Waals surface area contributed by atoms with Crippen LogP contribution in [0.15, 0.2) is 29.3 Å². The lowest BCUT2D eigenvalue weighted by atomic mass is 10.3. The third kappa shape index (κ3) is 6.83. The van der Waals surface area contributed by atoms with E-state index in [1.54, 1.807) is 7.11 Å². The Bertz CT molecular complexity index is 425. The third-order valence-electron chi connectivity index (χ3n) is 2.35. The molecule has 0 bridgehead atoms. The van der Waals surface area contributed by atoms with Crippen molar-refractivity contribution < 1.29 is 9.47 Å². The maximum absolute atomic E-state index is 5.78. The lowest BCUT2D eigenvalue weighted by Crippen LogP contribution is -2.37. The summed E-state index contributed by atoms with van der Waals surface area (Å²) < 4.78 is 11.0. The first-order chi connectivity index (χ1) is 9.02. The van der Waals surface area contributed by atoms with Crippen LogP contribution in [0.3, 0.4) is 0 Å². The Morgan fingerprint density at radius 3 is 2.40 bits per heavy atom. The van der Waals surface area contributed by atoms with Gasteiger partial charge in [0.1, 0.15) is 6.10 Å². The molecule has 0 fully saturated rings. The van der Waals surface area contributed by atoms with Gasteiger partial charge >= 0.3 is 0 Å². The molecule has 1 atom stereocenters. The van der Waals surface area contributed by atoms with Gasteiger partial charge in [0.05, 0.1) is 13.7 Å². The maximum atomic E-state index is 5.78. The van der Waals surface area contributed by atoms with Crippen molar-refractivity contribution in [1.29, 1.82) is 0 Å². The molecule has 20 heavy (non-hydrogen) atoms. The number of nitrogens with zero attached hydrogens (tertiary/aromatic N) is 1. The van der Waals surface area contributed by atoms with Gasteiger partial charge in [-0.25, -0.2) is 4.99 Å². The molecule has 0 saturated carbocycles. The zero-order valence-electron chi connectivity index (χ0n) is 12.4. The third-order valence-corrected chi connectivity index (χ3v) is 2.35. The maximum Gasteiger partial charge on any atom is 0.188 e. The molecule has 0 radical (unpaired) electrons. The summed E-state index contributed by atoms with van der Waals surface area (Å²) in [5.74, 6) is 1.86. The standard InChI is InChI=1S/C14H23N3O2.HI/c1-10(2)17-14(15)16-9-11(3)19-13-8-6-5-7-12(13)18-4;/h5-8,10-11H,9H2,1-4H3,(H3,15,16,17);1H. The molecule has 1 aromatic rings. The minimum Gasteiger partial charge on any atom is -0.493 e. The number of hydrogen-bond donors (Lipinski definition) is 2. The molecule has 1 unspecified atom stereocenters. The number of nitrogens with two attached hydrogens (primary N) is 1. The first-order valence-electron chi connectivity index (χ1n) is 6.39. The number of guanidine groups is 1. The summed E-state index contributed by atoms with van der Waals surface area (Å²) in [6.45, 7) is 6.45. The number of methoxy groups -OCH3 is 1. The second-order valence-corrected chi connectivity index (χ2v) is 4.60. The number of halogens is 1. The summed E-state index contributed by atoms with van der Waals surface area (Å²) in [5, 5.41) is 3.03. The molecular formula is C14H24IN3O2. The molecule has 0 aliphatic rings. The average Bonchev–Trinajstić information content (AvgIpc) is 2.36. The van der Waals surface area contributed by atoms with E-state index in [4.69, 9.17) is 15.2 Å². The normalized spacial score (nSPS) is 12.6. The van der Waals surface area contributed by atoms with Gasteiger partial charge in [0.2, 0.25) is 0 Å². The molecule has 3 N–H and O–H groups in total. The first-order valence-corrected chi connectivity index (χ1v) is 6.39. The fourth-order valence-corrected chi connectivity index (χ4v) is 1.54. The second kappa shape index (κ2) is 9.68. The van der Waals surface area contributed by atoms with E-state index >= 15 is 0 Å². The average molecular weight is 393 g/mol. The topological polar surface area (TPSA) is 68.9 Å². The van der Waals surface area contributed by atoms with E-state index in [0.717, 1.165) is 0 Å². The second-order valence-electron chi connectivity index (χ2n) is 4.60. The van der Waals surface area contributed by atoms with Crippen LogP contribution in [-0.2, 0) is 0 Å². The molecular weight excluding hydrogens is 369 g/mol. The summed E-state index contributed by atoms with van der Waals surface area (Å²) in [6.07, 6.45) is -0.0798. The smallest absolute Gasteiger partial charge is 0.188 e. The van der Waals surface area contributed by atoms with Crippen LogP contribution in [0.2, 0.25) is 0 Å². The van der Waals surface area contributed by atoms with Gasteiger partial charge in [-0.05, 0) is 32.9 Å². The van der Waals surface area contributed by atoms with Gasteiger partial charge < -0.3 is 20.5 Å². The van der Waals surface area contributed by atoms with Gasteiger partial charge in [-0.15, -0.1) is 24.0 Å². The monoisotopic (exact) mass is 393 g/mol. The molecule has 6 heteroatoms. The SMILES string of the molecule is COc1ccccc1OC(C)CN=C(N)NC(C)C.I. The summed E-state index contributed by atoms with van der Waals surface area (Å²) in [5.41, 5.74) is 5.73. The van der Waals surface area contributed by atoms with Crippen LogP contribution in [0.4, 0.5) is 0 Å². The number of hydrogen-bond acceptors (Lipinski definition) is 3. The Labute approximate surface area is 138 Å². The molecule has 0 spiro atoms. The molecule has 0 aliphatic heterocycles. The molecule has 0 heterocycles. The number of benzene rings is 1. The van der Waals surface area contributed by atoms with E-state index in [0.29, 0.717) is 24.0 Å². The van der Waals surface area contributed by atoms with Crippen molar-refractivity contribution in [2.75, 3.05) is 13.7 Å². The fourth-order valence-electron chi connectivity index (χ4n) is 1.54. The highest BCUT2D eigenvalue weighted by Crippen LogP contribution is 2.26. The van der Waals surface area contributed by atoms with Gasteiger partial charge in [0.25, 0.3) is 0 Å². The van der Waals surface area contributed by atoms with Gasteiger partial charge in [-0.3, -0.25) is 0 Å². The number of para-hydroxylation sites is 2. The van der Waals surface area contributed by atoms with E-state index < -0.39 is 0 Å². The van der Waals surface area contributed by atoms with Crippen molar-refractivity contribution in [2.45, 2.75) is 32.9 Å². The highest BCUT2D eigenvalue weighted by Gasteiger charge is 2.08. The lowest BCUT2D eigenvalue weighted by molar-refractivity contribution is 0.219. The highest BCUT2D eigenvalue weighted by molar-refractivity contribution is 14.0. The molecule has 0 amide bonds. The van der Waals surface area contributed by atoms with Gasteiger partial charge in [-0.1, -0.05) is 12.1 Å².